The second-order valence-electron chi connectivity index (χ2n) is 9.45. The molecule has 1 aliphatic heterocycles. The largest absolute Gasteiger partial charge is 0.369 e. The smallest absolute Gasteiger partial charge is 0.258 e. The van der Waals surface area contributed by atoms with Gasteiger partial charge >= 0.3 is 0 Å². The molecule has 0 aromatic carbocycles. The van der Waals surface area contributed by atoms with Gasteiger partial charge in [0.2, 0.25) is 11.9 Å². The third-order valence-corrected chi connectivity index (χ3v) is 7.00. The number of nitrogens with zero attached hydrogens (tertiary/aromatic N) is 6. The van der Waals surface area contributed by atoms with Gasteiger partial charge in [0.05, 0.1) is 16.8 Å². The topological polar surface area (TPSA) is 131 Å². The summed E-state index contributed by atoms with van der Waals surface area (Å²) < 4.78 is 1.77. The molecule has 4 aromatic rings. The van der Waals surface area contributed by atoms with Crippen molar-refractivity contribution in [2.75, 3.05) is 24.1 Å². The summed E-state index contributed by atoms with van der Waals surface area (Å²) in [5.74, 6) is 1.61. The molecule has 1 saturated heterocycles. The van der Waals surface area contributed by atoms with E-state index in [-0.39, 0.29) is 23.7 Å². The maximum atomic E-state index is 12.8. The van der Waals surface area contributed by atoms with Crippen LogP contribution in [0, 0.1) is 0 Å². The Morgan fingerprint density at radius 3 is 2.65 bits per heavy atom. The Kier molecular flexibility index (Phi) is 5.63. The highest BCUT2D eigenvalue weighted by molar-refractivity contribution is 6.03. The van der Waals surface area contributed by atoms with E-state index < -0.39 is 0 Å². The zero-order valence-electron chi connectivity index (χ0n) is 20.2. The van der Waals surface area contributed by atoms with Crippen LogP contribution in [0.1, 0.15) is 52.7 Å². The number of pyridine rings is 2. The lowest BCUT2D eigenvalue weighted by atomic mass is 10.0. The molecule has 3 N–H and O–H groups in total. The summed E-state index contributed by atoms with van der Waals surface area (Å²) in [6, 6.07) is 9.24. The number of fused-ring (bicyclic) bond motifs is 1. The number of nitrogens with one attached hydrogen (secondary N) is 1. The molecule has 0 bridgehead atoms. The van der Waals surface area contributed by atoms with Crippen LogP contribution < -0.4 is 11.1 Å². The van der Waals surface area contributed by atoms with Crippen LogP contribution in [0.15, 0.2) is 61.6 Å². The Balaban J connectivity index is 1.27. The fraction of sp³-hybridized carbons (Fsp3) is 0.259. The molecule has 6 rings (SSSR count). The molecular weight excluding hydrogens is 468 g/mol. The Morgan fingerprint density at radius 2 is 1.89 bits per heavy atom. The van der Waals surface area contributed by atoms with E-state index in [1.165, 1.54) is 30.7 Å². The van der Waals surface area contributed by atoms with Crippen LogP contribution in [0.5, 0.6) is 0 Å². The SMILES string of the molecule is C=CC(=O)N1CCC(c2nc(-c3ccc(C(=O)Nc4cc(C5CC5)ccn4)cn3)n3c(N)nccc23)C1. The van der Waals surface area contributed by atoms with E-state index >= 15 is 0 Å². The van der Waals surface area contributed by atoms with Gasteiger partial charge in [-0.15, -0.1) is 0 Å². The predicted molar refractivity (Wildman–Crippen MR) is 139 cm³/mol. The number of amides is 2. The molecule has 4 aromatic heterocycles. The van der Waals surface area contributed by atoms with Crippen LogP contribution in [0.2, 0.25) is 0 Å². The maximum absolute atomic E-state index is 12.8. The van der Waals surface area contributed by atoms with Crippen LogP contribution in [0.25, 0.3) is 17.0 Å². The molecule has 0 radical (unpaired) electrons. The lowest BCUT2D eigenvalue weighted by Crippen LogP contribution is -2.26. The van der Waals surface area contributed by atoms with Crippen molar-refractivity contribution in [3.05, 3.63) is 78.4 Å². The molecule has 10 heteroatoms. The Bertz CT molecular complexity index is 1520. The lowest BCUT2D eigenvalue weighted by molar-refractivity contribution is -0.125. The van der Waals surface area contributed by atoms with Crippen molar-refractivity contribution < 1.29 is 9.59 Å². The van der Waals surface area contributed by atoms with E-state index in [1.807, 2.05) is 18.2 Å². The van der Waals surface area contributed by atoms with E-state index in [4.69, 9.17) is 10.7 Å². The van der Waals surface area contributed by atoms with Crippen molar-refractivity contribution in [3.63, 3.8) is 0 Å². The van der Waals surface area contributed by atoms with Crippen molar-refractivity contribution in [1.82, 2.24) is 29.2 Å². The monoisotopic (exact) mass is 494 g/mol. The van der Waals surface area contributed by atoms with Gasteiger partial charge in [-0.3, -0.25) is 19.0 Å². The van der Waals surface area contributed by atoms with Gasteiger partial charge in [0.1, 0.15) is 11.5 Å². The van der Waals surface area contributed by atoms with Gasteiger partial charge in [0.15, 0.2) is 5.82 Å². The number of nitrogen functional groups attached to an aromatic ring is 1. The van der Waals surface area contributed by atoms with Gasteiger partial charge in [-0.1, -0.05) is 6.58 Å². The minimum Gasteiger partial charge on any atom is -0.369 e. The Hall–Kier alpha value is -4.60. The maximum Gasteiger partial charge on any atom is 0.258 e. The molecule has 2 fully saturated rings. The third-order valence-electron chi connectivity index (χ3n) is 7.00. The van der Waals surface area contributed by atoms with E-state index in [0.717, 1.165) is 17.6 Å². The van der Waals surface area contributed by atoms with E-state index in [2.05, 4.69) is 26.8 Å². The molecular formula is C27H26N8O2. The van der Waals surface area contributed by atoms with Crippen molar-refractivity contribution in [3.8, 4) is 11.5 Å². The zero-order valence-corrected chi connectivity index (χ0v) is 20.2. The molecule has 186 valence electrons. The summed E-state index contributed by atoms with van der Waals surface area (Å²) in [6.45, 7) is 4.79. The van der Waals surface area contributed by atoms with Crippen molar-refractivity contribution in [2.24, 2.45) is 0 Å². The summed E-state index contributed by atoms with van der Waals surface area (Å²) in [4.78, 5) is 44.6. The molecule has 10 nitrogen and oxygen atoms in total. The number of carbonyl (C=O) groups excluding carboxylic acids is 2. The summed E-state index contributed by atoms with van der Waals surface area (Å²) in [6.07, 6.45) is 9.37. The summed E-state index contributed by atoms with van der Waals surface area (Å²) in [7, 11) is 0. The number of anilines is 2. The molecule has 1 saturated carbocycles. The number of imidazole rings is 1. The number of aromatic nitrogens is 5. The second kappa shape index (κ2) is 9.12. The number of carbonyl (C=O) groups is 2. The summed E-state index contributed by atoms with van der Waals surface area (Å²) in [5, 5.41) is 2.86. The quantitative estimate of drug-likeness (QED) is 0.393. The number of likely N-dealkylation sites (tertiary alicyclic amines) is 1. The number of hydrogen-bond acceptors (Lipinski definition) is 7. The molecule has 37 heavy (non-hydrogen) atoms. The van der Waals surface area contributed by atoms with Gasteiger partial charge in [0.25, 0.3) is 5.91 Å². The van der Waals surface area contributed by atoms with E-state index in [9.17, 15) is 9.59 Å². The fourth-order valence-electron chi connectivity index (χ4n) is 4.90. The molecule has 0 spiro atoms. The van der Waals surface area contributed by atoms with E-state index in [1.54, 1.807) is 33.8 Å². The minimum atomic E-state index is -0.285. The van der Waals surface area contributed by atoms with Crippen LogP contribution in [-0.2, 0) is 4.79 Å². The van der Waals surface area contributed by atoms with Crippen LogP contribution >= 0.6 is 0 Å². The van der Waals surface area contributed by atoms with Gasteiger partial charge in [-0.05, 0) is 67.2 Å². The summed E-state index contributed by atoms with van der Waals surface area (Å²) in [5.41, 5.74) is 10.1. The van der Waals surface area contributed by atoms with Crippen molar-refractivity contribution >= 4 is 29.1 Å². The first-order valence-corrected chi connectivity index (χ1v) is 12.3. The third kappa shape index (κ3) is 4.31. The van der Waals surface area contributed by atoms with E-state index in [0.29, 0.717) is 41.9 Å². The van der Waals surface area contributed by atoms with Gasteiger partial charge < -0.3 is 16.0 Å². The molecule has 2 amide bonds. The minimum absolute atomic E-state index is 0.0541. The summed E-state index contributed by atoms with van der Waals surface area (Å²) >= 11 is 0. The van der Waals surface area contributed by atoms with Crippen LogP contribution in [0.3, 0.4) is 0 Å². The first kappa shape index (κ1) is 22.8. The van der Waals surface area contributed by atoms with Crippen LogP contribution in [0.4, 0.5) is 11.8 Å². The first-order chi connectivity index (χ1) is 18.0. The Morgan fingerprint density at radius 1 is 1.05 bits per heavy atom. The standard InChI is InChI=1S/C27H26N8O2/c1-2-23(36)34-12-9-19(15-34)24-21-8-11-30-27(28)35(21)25(33-24)20-6-5-18(14-31-20)26(37)32-22-13-17(7-10-29-22)16-3-4-16/h2,5-8,10-11,13-14,16,19H,1,3-4,9,12,15H2,(H2,28,30)(H,29,32,37). The van der Waals surface area contributed by atoms with Gasteiger partial charge in [-0.25, -0.2) is 15.0 Å². The molecule has 2 aliphatic rings. The number of hydrogen-bond donors (Lipinski definition) is 2. The number of rotatable bonds is 6. The molecule has 1 atom stereocenters. The van der Waals surface area contributed by atoms with Crippen molar-refractivity contribution in [2.45, 2.75) is 31.1 Å². The predicted octanol–water partition coefficient (Wildman–Crippen LogP) is 3.40. The average molecular weight is 495 g/mol. The molecule has 5 heterocycles. The highest BCUT2D eigenvalue weighted by atomic mass is 16.2. The highest BCUT2D eigenvalue weighted by Gasteiger charge is 2.30. The fourth-order valence-corrected chi connectivity index (χ4v) is 4.90. The average Bonchev–Trinajstić information content (AvgIpc) is 3.53. The Labute approximate surface area is 213 Å². The first-order valence-electron chi connectivity index (χ1n) is 12.3. The highest BCUT2D eigenvalue weighted by Crippen LogP contribution is 2.40. The van der Waals surface area contributed by atoms with Crippen molar-refractivity contribution in [1.29, 1.82) is 0 Å². The second-order valence-corrected chi connectivity index (χ2v) is 9.45. The molecule has 1 aliphatic carbocycles. The normalized spacial score (nSPS) is 17.2. The lowest BCUT2D eigenvalue weighted by Gasteiger charge is -2.13. The van der Waals surface area contributed by atoms with Gasteiger partial charge in [-0.2, -0.15) is 0 Å². The molecule has 1 unspecified atom stereocenters. The van der Waals surface area contributed by atoms with Crippen LogP contribution in [-0.4, -0.2) is 54.1 Å². The van der Waals surface area contributed by atoms with Gasteiger partial charge in [0, 0.05) is 37.6 Å². The number of nitrogens with two attached hydrogens (primary N) is 1. The zero-order chi connectivity index (χ0) is 25.5.